The number of para-hydroxylation sites is 2. The van der Waals surface area contributed by atoms with Gasteiger partial charge < -0.3 is 19.7 Å². The highest BCUT2D eigenvalue weighted by atomic mass is 16.5. The molecule has 0 aliphatic carbocycles. The predicted molar refractivity (Wildman–Crippen MR) is 102 cm³/mol. The second kappa shape index (κ2) is 8.97. The summed E-state index contributed by atoms with van der Waals surface area (Å²) in [6.07, 6.45) is 1.52. The van der Waals surface area contributed by atoms with Gasteiger partial charge in [0.25, 0.3) is 0 Å². The summed E-state index contributed by atoms with van der Waals surface area (Å²) >= 11 is 0. The van der Waals surface area contributed by atoms with Gasteiger partial charge in [0.2, 0.25) is 5.91 Å². The van der Waals surface area contributed by atoms with Crippen LogP contribution in [0, 0.1) is 5.92 Å². The fourth-order valence-corrected chi connectivity index (χ4v) is 3.57. The number of aromatic amines is 1. The van der Waals surface area contributed by atoms with Gasteiger partial charge in [-0.2, -0.15) is 0 Å². The first-order valence-corrected chi connectivity index (χ1v) is 9.56. The van der Waals surface area contributed by atoms with Gasteiger partial charge in [-0.1, -0.05) is 19.1 Å². The van der Waals surface area contributed by atoms with Crippen LogP contribution in [0.5, 0.6) is 0 Å². The number of benzene rings is 1. The highest BCUT2D eigenvalue weighted by Crippen LogP contribution is 2.19. The molecule has 0 saturated carbocycles. The molecule has 1 aromatic heterocycles. The van der Waals surface area contributed by atoms with Crippen molar-refractivity contribution in [3.63, 3.8) is 0 Å². The van der Waals surface area contributed by atoms with Crippen LogP contribution in [-0.2, 0) is 25.5 Å². The van der Waals surface area contributed by atoms with Crippen molar-refractivity contribution in [3.8, 4) is 0 Å². The molecule has 2 N–H and O–H groups in total. The van der Waals surface area contributed by atoms with Gasteiger partial charge in [-0.25, -0.2) is 9.78 Å². The average molecular weight is 387 g/mol. The van der Waals surface area contributed by atoms with Crippen molar-refractivity contribution in [1.82, 2.24) is 14.9 Å². The third-order valence-corrected chi connectivity index (χ3v) is 5.07. The zero-order chi connectivity index (χ0) is 20.1. The van der Waals surface area contributed by atoms with Gasteiger partial charge in [-0.3, -0.25) is 9.59 Å². The molecule has 2 aromatic rings. The maximum Gasteiger partial charge on any atom is 0.329 e. The normalized spacial score (nSPS) is 16.2. The molecule has 1 atom stereocenters. The number of amides is 1. The maximum absolute atomic E-state index is 12.8. The summed E-state index contributed by atoms with van der Waals surface area (Å²) in [4.78, 5) is 45.4. The molecule has 150 valence electrons. The molecule has 1 aliphatic rings. The number of aromatic nitrogens is 2. The Morgan fingerprint density at radius 1 is 1.29 bits per heavy atom. The largest absolute Gasteiger partial charge is 0.480 e. The van der Waals surface area contributed by atoms with Crippen LogP contribution in [0.25, 0.3) is 11.0 Å². The molecule has 0 spiro atoms. The number of Topliss-reactive ketones (excluding diaryl/α,β-unsaturated/α-hetero) is 1. The van der Waals surface area contributed by atoms with E-state index in [1.807, 2.05) is 31.2 Å². The van der Waals surface area contributed by atoms with Crippen molar-refractivity contribution < 1.29 is 24.2 Å². The van der Waals surface area contributed by atoms with Gasteiger partial charge in [0.1, 0.15) is 12.4 Å². The number of nitrogens with zero attached hydrogens (tertiary/aromatic N) is 2. The van der Waals surface area contributed by atoms with Crippen molar-refractivity contribution in [1.29, 1.82) is 0 Å². The molecule has 1 saturated heterocycles. The van der Waals surface area contributed by atoms with Gasteiger partial charge in [-0.15, -0.1) is 0 Å². The lowest BCUT2D eigenvalue weighted by Crippen LogP contribution is -2.45. The molecule has 1 aliphatic heterocycles. The van der Waals surface area contributed by atoms with E-state index in [0.29, 0.717) is 38.2 Å². The van der Waals surface area contributed by atoms with Crippen LogP contribution in [0.15, 0.2) is 24.3 Å². The van der Waals surface area contributed by atoms with Crippen LogP contribution in [0.4, 0.5) is 0 Å². The number of carboxylic acids is 1. The first kappa shape index (κ1) is 20.0. The highest BCUT2D eigenvalue weighted by Gasteiger charge is 2.32. The van der Waals surface area contributed by atoms with Gasteiger partial charge in [0.15, 0.2) is 5.78 Å². The molecule has 0 bridgehead atoms. The number of ether oxygens (including phenoxy) is 1. The smallest absolute Gasteiger partial charge is 0.329 e. The Labute approximate surface area is 162 Å². The Morgan fingerprint density at radius 3 is 2.64 bits per heavy atom. The molecule has 3 rings (SSSR count). The Bertz CT molecular complexity index is 821. The molecule has 28 heavy (non-hydrogen) atoms. The fourth-order valence-electron chi connectivity index (χ4n) is 3.57. The van der Waals surface area contributed by atoms with Crippen LogP contribution in [0.1, 0.15) is 32.0 Å². The molecule has 0 radical (unpaired) electrons. The monoisotopic (exact) mass is 387 g/mol. The fraction of sp³-hybridized carbons (Fsp3) is 0.500. The first-order chi connectivity index (χ1) is 13.5. The quantitative estimate of drug-likeness (QED) is 0.668. The minimum atomic E-state index is -0.999. The molecule has 1 amide bonds. The van der Waals surface area contributed by atoms with Crippen molar-refractivity contribution in [3.05, 3.63) is 30.1 Å². The van der Waals surface area contributed by atoms with Crippen molar-refractivity contribution in [2.24, 2.45) is 5.92 Å². The number of hydrogen-bond acceptors (Lipinski definition) is 5. The topological polar surface area (TPSA) is 113 Å². The first-order valence-electron chi connectivity index (χ1n) is 9.56. The minimum Gasteiger partial charge on any atom is -0.480 e. The summed E-state index contributed by atoms with van der Waals surface area (Å²) in [6, 6.07) is 7.55. The van der Waals surface area contributed by atoms with Gasteiger partial charge in [0.05, 0.1) is 29.5 Å². The Morgan fingerprint density at radius 2 is 2.00 bits per heavy atom. The van der Waals surface area contributed by atoms with Crippen LogP contribution in [0.2, 0.25) is 0 Å². The number of fused-ring (bicyclic) bond motifs is 1. The number of aliphatic carboxylic acids is 1. The molecule has 1 aromatic carbocycles. The van der Waals surface area contributed by atoms with E-state index in [1.165, 1.54) is 0 Å². The molecule has 8 nitrogen and oxygen atoms in total. The number of piperidine rings is 1. The SMILES string of the molecule is CCC(C(=O)Cc1nc2ccccc2[nH]1)C(=O)N1CCC(OCC(=O)O)CC1. The van der Waals surface area contributed by atoms with Crippen molar-refractivity contribution in [2.75, 3.05) is 19.7 Å². The summed E-state index contributed by atoms with van der Waals surface area (Å²) in [5.41, 5.74) is 1.67. The van der Waals surface area contributed by atoms with E-state index in [1.54, 1.807) is 4.90 Å². The summed E-state index contributed by atoms with van der Waals surface area (Å²) in [5, 5.41) is 8.68. The van der Waals surface area contributed by atoms with Crippen LogP contribution < -0.4 is 0 Å². The summed E-state index contributed by atoms with van der Waals surface area (Å²) in [6.45, 7) is 2.45. The highest BCUT2D eigenvalue weighted by molar-refractivity contribution is 6.02. The van der Waals surface area contributed by atoms with E-state index < -0.39 is 11.9 Å². The molecule has 8 heteroatoms. The number of hydrogen-bond donors (Lipinski definition) is 2. The molecule has 1 fully saturated rings. The minimum absolute atomic E-state index is 0.0944. The summed E-state index contributed by atoms with van der Waals surface area (Å²) in [7, 11) is 0. The number of carboxylic acid groups (broad SMARTS) is 1. The van der Waals surface area contributed by atoms with E-state index in [0.717, 1.165) is 11.0 Å². The Hall–Kier alpha value is -2.74. The molecule has 1 unspecified atom stereocenters. The van der Waals surface area contributed by atoms with E-state index in [2.05, 4.69) is 9.97 Å². The average Bonchev–Trinajstić information content (AvgIpc) is 3.09. The number of nitrogens with one attached hydrogen (secondary N) is 1. The van der Waals surface area contributed by atoms with Crippen LogP contribution in [-0.4, -0.2) is 63.4 Å². The second-order valence-corrected chi connectivity index (χ2v) is 7.03. The van der Waals surface area contributed by atoms with Crippen molar-refractivity contribution >= 4 is 28.7 Å². The van der Waals surface area contributed by atoms with E-state index in [4.69, 9.17) is 9.84 Å². The number of H-pyrrole nitrogens is 1. The van der Waals surface area contributed by atoms with Crippen LogP contribution in [0.3, 0.4) is 0 Å². The zero-order valence-electron chi connectivity index (χ0n) is 15.9. The summed E-state index contributed by atoms with van der Waals surface area (Å²) in [5.74, 6) is -1.43. The van der Waals surface area contributed by atoms with Crippen LogP contribution >= 0.6 is 0 Å². The van der Waals surface area contributed by atoms with E-state index in [-0.39, 0.29) is 30.8 Å². The number of carbonyl (C=O) groups is 3. The number of imidazole rings is 1. The maximum atomic E-state index is 12.8. The zero-order valence-corrected chi connectivity index (χ0v) is 15.9. The molecule has 2 heterocycles. The number of likely N-dealkylation sites (tertiary alicyclic amines) is 1. The lowest BCUT2D eigenvalue weighted by atomic mass is 9.95. The van der Waals surface area contributed by atoms with E-state index >= 15 is 0 Å². The predicted octanol–water partition coefficient (Wildman–Crippen LogP) is 1.79. The Balaban J connectivity index is 1.57. The molecular formula is C20H25N3O5. The molecular weight excluding hydrogens is 362 g/mol. The number of ketones is 1. The lowest BCUT2D eigenvalue weighted by Gasteiger charge is -2.33. The van der Waals surface area contributed by atoms with Gasteiger partial charge in [0, 0.05) is 13.1 Å². The Kier molecular flexibility index (Phi) is 6.41. The lowest BCUT2D eigenvalue weighted by molar-refractivity contribution is -0.149. The van der Waals surface area contributed by atoms with Gasteiger partial charge >= 0.3 is 5.97 Å². The number of carbonyl (C=O) groups excluding carboxylic acids is 2. The third-order valence-electron chi connectivity index (χ3n) is 5.07. The van der Waals surface area contributed by atoms with Gasteiger partial charge in [-0.05, 0) is 31.4 Å². The number of rotatable bonds is 8. The standard InChI is InChI=1S/C20H25N3O5/c1-2-14(17(24)11-18-21-15-5-3-4-6-16(15)22-18)20(27)23-9-7-13(8-10-23)28-12-19(25)26/h3-6,13-14H,2,7-12H2,1H3,(H,21,22)(H,25,26). The van der Waals surface area contributed by atoms with Crippen molar-refractivity contribution in [2.45, 2.75) is 38.7 Å². The third kappa shape index (κ3) is 4.75. The summed E-state index contributed by atoms with van der Waals surface area (Å²) < 4.78 is 5.30. The van der Waals surface area contributed by atoms with E-state index in [9.17, 15) is 14.4 Å². The second-order valence-electron chi connectivity index (χ2n) is 7.03.